The van der Waals surface area contributed by atoms with Crippen molar-refractivity contribution in [3.8, 4) is 16.9 Å². The predicted molar refractivity (Wildman–Crippen MR) is 101 cm³/mol. The van der Waals surface area contributed by atoms with Crippen LogP contribution in [0, 0.1) is 12.7 Å². The first-order valence-corrected chi connectivity index (χ1v) is 8.75. The number of nitrogens with zero attached hydrogens (tertiary/aromatic N) is 3. The molecular weight excluding hydrogens is 329 g/mol. The lowest BCUT2D eigenvalue weighted by molar-refractivity contribution is 0.0773. The Labute approximate surface area is 152 Å². The van der Waals surface area contributed by atoms with Crippen LogP contribution in [0.2, 0.25) is 0 Å². The minimum absolute atomic E-state index is 0.0565. The van der Waals surface area contributed by atoms with Crippen molar-refractivity contribution in [3.63, 3.8) is 0 Å². The summed E-state index contributed by atoms with van der Waals surface area (Å²) in [6, 6.07) is 14.0. The standard InChI is InChI=1S/C21H22FN3O/c1-4-24(5-2)21(26)19-14-25(18-12-10-17(22)11-13-18)23-20(19)16-8-6-15(3)7-9-16/h6-14H,4-5H2,1-3H3. The van der Waals surface area contributed by atoms with Gasteiger partial charge >= 0.3 is 0 Å². The van der Waals surface area contributed by atoms with E-state index in [1.54, 1.807) is 27.9 Å². The van der Waals surface area contributed by atoms with E-state index in [1.165, 1.54) is 12.1 Å². The van der Waals surface area contributed by atoms with Crippen molar-refractivity contribution < 1.29 is 9.18 Å². The molecule has 0 bridgehead atoms. The molecule has 3 rings (SSSR count). The van der Waals surface area contributed by atoms with Gasteiger partial charge in [0.15, 0.2) is 0 Å². The number of hydrogen-bond acceptors (Lipinski definition) is 2. The van der Waals surface area contributed by atoms with Gasteiger partial charge in [0.25, 0.3) is 5.91 Å². The molecule has 3 aromatic rings. The number of rotatable bonds is 5. The maximum Gasteiger partial charge on any atom is 0.257 e. The first kappa shape index (κ1) is 17.9. The lowest BCUT2D eigenvalue weighted by Crippen LogP contribution is -2.30. The molecular formula is C21H22FN3O. The van der Waals surface area contributed by atoms with Crippen LogP contribution in [0.3, 0.4) is 0 Å². The minimum atomic E-state index is -0.306. The Bertz CT molecular complexity index is 894. The second-order valence-electron chi connectivity index (χ2n) is 6.16. The van der Waals surface area contributed by atoms with Gasteiger partial charge in [-0.05, 0) is 45.0 Å². The monoisotopic (exact) mass is 351 g/mol. The second-order valence-corrected chi connectivity index (χ2v) is 6.16. The summed E-state index contributed by atoms with van der Waals surface area (Å²) in [5.74, 6) is -0.363. The SMILES string of the molecule is CCN(CC)C(=O)c1cn(-c2ccc(F)cc2)nc1-c1ccc(C)cc1. The molecule has 0 aliphatic carbocycles. The fraction of sp³-hybridized carbons (Fsp3) is 0.238. The molecule has 2 aromatic carbocycles. The van der Waals surface area contributed by atoms with Gasteiger partial charge in [-0.15, -0.1) is 0 Å². The van der Waals surface area contributed by atoms with E-state index < -0.39 is 0 Å². The summed E-state index contributed by atoms with van der Waals surface area (Å²) < 4.78 is 14.9. The summed E-state index contributed by atoms with van der Waals surface area (Å²) in [4.78, 5) is 14.7. The fourth-order valence-electron chi connectivity index (χ4n) is 2.86. The molecule has 26 heavy (non-hydrogen) atoms. The molecule has 0 atom stereocenters. The van der Waals surface area contributed by atoms with Crippen molar-refractivity contribution in [3.05, 3.63) is 71.7 Å². The summed E-state index contributed by atoms with van der Waals surface area (Å²) >= 11 is 0. The topological polar surface area (TPSA) is 38.1 Å². The molecule has 1 heterocycles. The van der Waals surface area contributed by atoms with Crippen LogP contribution in [-0.4, -0.2) is 33.7 Å². The Balaban J connectivity index is 2.12. The third kappa shape index (κ3) is 3.52. The van der Waals surface area contributed by atoms with Crippen molar-refractivity contribution in [2.75, 3.05) is 13.1 Å². The Morgan fingerprint density at radius 3 is 2.23 bits per heavy atom. The zero-order valence-electron chi connectivity index (χ0n) is 15.2. The van der Waals surface area contributed by atoms with Crippen LogP contribution in [0.15, 0.2) is 54.7 Å². The zero-order valence-corrected chi connectivity index (χ0v) is 15.2. The number of hydrogen-bond donors (Lipinski definition) is 0. The summed E-state index contributed by atoms with van der Waals surface area (Å²) in [6.45, 7) is 7.19. The van der Waals surface area contributed by atoms with Gasteiger partial charge in [-0.25, -0.2) is 9.07 Å². The first-order valence-electron chi connectivity index (χ1n) is 8.75. The van der Waals surface area contributed by atoms with Gasteiger partial charge in [-0.3, -0.25) is 4.79 Å². The molecule has 0 radical (unpaired) electrons. The maximum atomic E-state index is 13.2. The average molecular weight is 351 g/mol. The number of benzene rings is 2. The second kappa shape index (κ2) is 7.52. The molecule has 0 unspecified atom stereocenters. The quantitative estimate of drug-likeness (QED) is 0.680. The highest BCUT2D eigenvalue weighted by Crippen LogP contribution is 2.25. The van der Waals surface area contributed by atoms with E-state index in [2.05, 4.69) is 5.10 Å². The highest BCUT2D eigenvalue weighted by atomic mass is 19.1. The van der Waals surface area contributed by atoms with E-state index in [4.69, 9.17) is 0 Å². The molecule has 1 amide bonds. The van der Waals surface area contributed by atoms with Crippen LogP contribution < -0.4 is 0 Å². The number of aryl methyl sites for hydroxylation is 1. The molecule has 0 aliphatic rings. The Hall–Kier alpha value is -2.95. The molecule has 4 nitrogen and oxygen atoms in total. The van der Waals surface area contributed by atoms with Gasteiger partial charge in [0.05, 0.1) is 11.3 Å². The van der Waals surface area contributed by atoms with Crippen LogP contribution in [0.25, 0.3) is 16.9 Å². The van der Waals surface area contributed by atoms with Gasteiger partial charge in [-0.1, -0.05) is 29.8 Å². The van der Waals surface area contributed by atoms with Gasteiger partial charge in [0.2, 0.25) is 0 Å². The highest BCUT2D eigenvalue weighted by Gasteiger charge is 2.22. The van der Waals surface area contributed by atoms with Crippen LogP contribution in [0.1, 0.15) is 29.8 Å². The van der Waals surface area contributed by atoms with E-state index in [0.717, 1.165) is 11.1 Å². The molecule has 0 N–H and O–H groups in total. The van der Waals surface area contributed by atoms with Crippen molar-refractivity contribution in [1.82, 2.24) is 14.7 Å². The summed E-state index contributed by atoms with van der Waals surface area (Å²) in [6.07, 6.45) is 1.73. The van der Waals surface area contributed by atoms with Crippen molar-refractivity contribution in [2.45, 2.75) is 20.8 Å². The smallest absolute Gasteiger partial charge is 0.257 e. The third-order valence-electron chi connectivity index (χ3n) is 4.41. The Morgan fingerprint density at radius 2 is 1.65 bits per heavy atom. The normalized spacial score (nSPS) is 10.8. The fourth-order valence-corrected chi connectivity index (χ4v) is 2.86. The Kier molecular flexibility index (Phi) is 5.16. The average Bonchev–Trinajstić information content (AvgIpc) is 3.09. The van der Waals surface area contributed by atoms with Gasteiger partial charge in [0, 0.05) is 24.8 Å². The lowest BCUT2D eigenvalue weighted by atomic mass is 10.1. The molecule has 0 fully saturated rings. The Morgan fingerprint density at radius 1 is 1.04 bits per heavy atom. The third-order valence-corrected chi connectivity index (χ3v) is 4.41. The highest BCUT2D eigenvalue weighted by molar-refractivity contribution is 6.00. The van der Waals surface area contributed by atoms with E-state index in [0.29, 0.717) is 30.0 Å². The number of halogens is 1. The van der Waals surface area contributed by atoms with Crippen molar-refractivity contribution in [1.29, 1.82) is 0 Å². The van der Waals surface area contributed by atoms with Crippen LogP contribution in [0.5, 0.6) is 0 Å². The maximum absolute atomic E-state index is 13.2. The largest absolute Gasteiger partial charge is 0.339 e. The van der Waals surface area contributed by atoms with E-state index in [9.17, 15) is 9.18 Å². The number of amides is 1. The van der Waals surface area contributed by atoms with Crippen LogP contribution in [-0.2, 0) is 0 Å². The molecule has 0 saturated heterocycles. The first-order chi connectivity index (χ1) is 12.5. The van der Waals surface area contributed by atoms with Crippen LogP contribution in [0.4, 0.5) is 4.39 Å². The summed E-state index contributed by atoms with van der Waals surface area (Å²) in [5.41, 5.74) is 3.90. The lowest BCUT2D eigenvalue weighted by Gasteiger charge is -2.18. The molecule has 1 aromatic heterocycles. The molecule has 0 aliphatic heterocycles. The zero-order chi connectivity index (χ0) is 18.7. The van der Waals surface area contributed by atoms with Crippen molar-refractivity contribution >= 4 is 5.91 Å². The molecule has 0 spiro atoms. The summed E-state index contributed by atoms with van der Waals surface area (Å²) in [5, 5.41) is 4.63. The number of carbonyl (C=O) groups excluding carboxylic acids is 1. The molecule has 134 valence electrons. The molecule has 5 heteroatoms. The summed E-state index contributed by atoms with van der Waals surface area (Å²) in [7, 11) is 0. The van der Waals surface area contributed by atoms with Gasteiger partial charge < -0.3 is 4.90 Å². The van der Waals surface area contributed by atoms with Gasteiger partial charge in [-0.2, -0.15) is 5.10 Å². The minimum Gasteiger partial charge on any atom is -0.339 e. The predicted octanol–water partition coefficient (Wildman–Crippen LogP) is 4.47. The van der Waals surface area contributed by atoms with Crippen LogP contribution >= 0.6 is 0 Å². The number of aromatic nitrogens is 2. The van der Waals surface area contributed by atoms with E-state index in [-0.39, 0.29) is 11.7 Å². The number of carbonyl (C=O) groups is 1. The van der Waals surface area contributed by atoms with E-state index >= 15 is 0 Å². The molecule has 0 saturated carbocycles. The van der Waals surface area contributed by atoms with Crippen molar-refractivity contribution in [2.24, 2.45) is 0 Å². The van der Waals surface area contributed by atoms with Gasteiger partial charge in [0.1, 0.15) is 11.5 Å². The van der Waals surface area contributed by atoms with E-state index in [1.807, 2.05) is 45.0 Å².